The first-order valence-electron chi connectivity index (χ1n) is 9.91. The molecular formula is C22H21F6N3OS. The third-order valence-electron chi connectivity index (χ3n) is 5.09. The Morgan fingerprint density at radius 3 is 2.15 bits per heavy atom. The van der Waals surface area contributed by atoms with Gasteiger partial charge < -0.3 is 4.90 Å². The number of hydrogen-bond donors (Lipinski definition) is 0. The van der Waals surface area contributed by atoms with Crippen molar-refractivity contribution < 1.29 is 31.1 Å². The van der Waals surface area contributed by atoms with E-state index >= 15 is 0 Å². The molecule has 0 radical (unpaired) electrons. The van der Waals surface area contributed by atoms with E-state index in [0.29, 0.717) is 30.3 Å². The third-order valence-corrected chi connectivity index (χ3v) is 6.23. The Hall–Kier alpha value is -2.69. The number of hydrogen-bond acceptors (Lipinski definition) is 3. The summed E-state index contributed by atoms with van der Waals surface area (Å²) in [7, 11) is 1.61. The molecule has 1 fully saturated rings. The molecular weight excluding hydrogens is 468 g/mol. The zero-order valence-electron chi connectivity index (χ0n) is 17.7. The maximum absolute atomic E-state index is 13.3. The molecule has 0 aromatic heterocycles. The number of halogens is 6. The number of thioether (sulfide) groups is 1. The first kappa shape index (κ1) is 24.9. The fourth-order valence-corrected chi connectivity index (χ4v) is 4.64. The molecule has 1 amide bonds. The van der Waals surface area contributed by atoms with Crippen LogP contribution >= 0.6 is 11.8 Å². The minimum Gasteiger partial charge on any atom is -0.333 e. The largest absolute Gasteiger partial charge is 0.416 e. The average molecular weight is 489 g/mol. The van der Waals surface area contributed by atoms with Gasteiger partial charge in [-0.1, -0.05) is 42.1 Å². The SMILES string of the molecule is CC(=O)N(c1cc(C(F)(F)F)cc(C(F)(F)F)c1)C1CSC(=NCCc2ccccc2)N1C. The number of amides is 1. The summed E-state index contributed by atoms with van der Waals surface area (Å²) in [5.74, 6) is -0.428. The molecule has 4 nitrogen and oxygen atoms in total. The highest BCUT2D eigenvalue weighted by molar-refractivity contribution is 8.14. The van der Waals surface area contributed by atoms with E-state index in [1.54, 1.807) is 11.9 Å². The van der Waals surface area contributed by atoms with Crippen molar-refractivity contribution in [3.05, 3.63) is 65.2 Å². The smallest absolute Gasteiger partial charge is 0.333 e. The first-order chi connectivity index (χ1) is 15.4. The number of aliphatic imine (C=N–C) groups is 1. The average Bonchev–Trinajstić information content (AvgIpc) is 3.07. The molecule has 0 N–H and O–H groups in total. The number of amidine groups is 1. The fourth-order valence-electron chi connectivity index (χ4n) is 3.46. The summed E-state index contributed by atoms with van der Waals surface area (Å²) in [6.45, 7) is 1.56. The van der Waals surface area contributed by atoms with Gasteiger partial charge in [0.1, 0.15) is 6.17 Å². The number of benzene rings is 2. The normalized spacial score (nSPS) is 18.1. The standard InChI is InChI=1S/C22H21F6N3OS/c1-14(32)31(18-11-16(21(23,24)25)10-17(12-18)22(26,27)28)19-13-33-20(30(19)2)29-9-8-15-6-4-3-5-7-15/h3-7,10-12,19H,8-9,13H2,1-2H3. The molecule has 1 saturated heterocycles. The van der Waals surface area contributed by atoms with Crippen LogP contribution in [-0.2, 0) is 23.6 Å². The van der Waals surface area contributed by atoms with E-state index in [1.807, 2.05) is 30.3 Å². The highest BCUT2D eigenvalue weighted by Crippen LogP contribution is 2.39. The molecule has 0 bridgehead atoms. The van der Waals surface area contributed by atoms with Gasteiger partial charge in [0.25, 0.3) is 0 Å². The van der Waals surface area contributed by atoms with Crippen molar-refractivity contribution in [3.8, 4) is 0 Å². The van der Waals surface area contributed by atoms with Crippen LogP contribution in [-0.4, -0.2) is 41.5 Å². The summed E-state index contributed by atoms with van der Waals surface area (Å²) >= 11 is 1.29. The molecule has 11 heteroatoms. The van der Waals surface area contributed by atoms with Crippen molar-refractivity contribution in [1.29, 1.82) is 0 Å². The number of carbonyl (C=O) groups excluding carboxylic acids is 1. The first-order valence-corrected chi connectivity index (χ1v) is 10.9. The van der Waals surface area contributed by atoms with E-state index in [0.717, 1.165) is 17.4 Å². The van der Waals surface area contributed by atoms with E-state index in [9.17, 15) is 31.1 Å². The van der Waals surface area contributed by atoms with E-state index < -0.39 is 41.2 Å². The number of anilines is 1. The van der Waals surface area contributed by atoms with E-state index in [1.165, 1.54) is 11.8 Å². The monoisotopic (exact) mass is 489 g/mol. The molecule has 0 saturated carbocycles. The van der Waals surface area contributed by atoms with Crippen molar-refractivity contribution in [2.45, 2.75) is 31.9 Å². The Morgan fingerprint density at radius 1 is 1.06 bits per heavy atom. The van der Waals surface area contributed by atoms with Crippen molar-refractivity contribution >= 4 is 28.5 Å². The van der Waals surface area contributed by atoms with Gasteiger partial charge in [0, 0.05) is 32.0 Å². The highest BCUT2D eigenvalue weighted by Gasteiger charge is 2.40. The zero-order chi connectivity index (χ0) is 24.4. The highest BCUT2D eigenvalue weighted by atomic mass is 32.2. The van der Waals surface area contributed by atoms with Gasteiger partial charge >= 0.3 is 12.4 Å². The lowest BCUT2D eigenvalue weighted by Crippen LogP contribution is -2.48. The molecule has 1 aliphatic rings. The van der Waals surface area contributed by atoms with E-state index in [4.69, 9.17) is 0 Å². The van der Waals surface area contributed by atoms with Gasteiger partial charge in [-0.25, -0.2) is 0 Å². The Balaban J connectivity index is 1.89. The molecule has 2 aromatic carbocycles. The van der Waals surface area contributed by atoms with Gasteiger partial charge in [0.15, 0.2) is 5.17 Å². The fraction of sp³-hybridized carbons (Fsp3) is 0.364. The topological polar surface area (TPSA) is 35.9 Å². The lowest BCUT2D eigenvalue weighted by atomic mass is 10.1. The minimum atomic E-state index is -5.00. The molecule has 0 spiro atoms. The minimum absolute atomic E-state index is 0.0470. The van der Waals surface area contributed by atoms with Crippen LogP contribution in [0.5, 0.6) is 0 Å². The Kier molecular flexibility index (Phi) is 7.30. The van der Waals surface area contributed by atoms with E-state index in [-0.39, 0.29) is 11.8 Å². The molecule has 1 unspecified atom stereocenters. The summed E-state index contributed by atoms with van der Waals surface area (Å²) in [5, 5.41) is 0.560. The summed E-state index contributed by atoms with van der Waals surface area (Å²) < 4.78 is 79.7. The van der Waals surface area contributed by atoms with Crippen LogP contribution in [0, 0.1) is 0 Å². The van der Waals surface area contributed by atoms with Gasteiger partial charge in [-0.2, -0.15) is 26.3 Å². The lowest BCUT2D eigenvalue weighted by molar-refractivity contribution is -0.143. The molecule has 2 aromatic rings. The maximum Gasteiger partial charge on any atom is 0.416 e. The van der Waals surface area contributed by atoms with E-state index in [2.05, 4.69) is 4.99 Å². The molecule has 1 aliphatic heterocycles. The summed E-state index contributed by atoms with van der Waals surface area (Å²) in [4.78, 5) is 19.5. The zero-order valence-corrected chi connectivity index (χ0v) is 18.6. The Bertz CT molecular complexity index is 991. The second-order valence-corrected chi connectivity index (χ2v) is 8.44. The predicted molar refractivity (Wildman–Crippen MR) is 116 cm³/mol. The molecule has 1 atom stereocenters. The van der Waals surface area contributed by atoms with Crippen LogP contribution in [0.25, 0.3) is 0 Å². The van der Waals surface area contributed by atoms with Gasteiger partial charge in [-0.05, 0) is 30.2 Å². The van der Waals surface area contributed by atoms with Crippen LogP contribution in [0.1, 0.15) is 23.6 Å². The van der Waals surface area contributed by atoms with Crippen LogP contribution in [0.15, 0.2) is 53.5 Å². The van der Waals surface area contributed by atoms with Crippen molar-refractivity contribution in [2.24, 2.45) is 4.99 Å². The number of rotatable bonds is 5. The van der Waals surface area contributed by atoms with Gasteiger partial charge in [0.2, 0.25) is 5.91 Å². The van der Waals surface area contributed by atoms with Crippen LogP contribution in [0.2, 0.25) is 0 Å². The van der Waals surface area contributed by atoms with Crippen molar-refractivity contribution in [1.82, 2.24) is 4.90 Å². The molecule has 178 valence electrons. The van der Waals surface area contributed by atoms with Crippen molar-refractivity contribution in [3.63, 3.8) is 0 Å². The predicted octanol–water partition coefficient (Wildman–Crippen LogP) is 5.68. The second kappa shape index (κ2) is 9.66. The third kappa shape index (κ3) is 6.01. The van der Waals surface area contributed by atoms with Gasteiger partial charge in [-0.3, -0.25) is 14.7 Å². The number of carbonyl (C=O) groups is 1. The Labute approximate surface area is 191 Å². The number of nitrogens with zero attached hydrogens (tertiary/aromatic N) is 3. The summed E-state index contributed by atoms with van der Waals surface area (Å²) in [6.07, 6.45) is -10.1. The maximum atomic E-state index is 13.3. The van der Waals surface area contributed by atoms with Gasteiger partial charge in [-0.15, -0.1) is 0 Å². The molecule has 33 heavy (non-hydrogen) atoms. The number of alkyl halides is 6. The van der Waals surface area contributed by atoms with Crippen LogP contribution in [0.4, 0.5) is 32.0 Å². The van der Waals surface area contributed by atoms with Crippen LogP contribution < -0.4 is 4.90 Å². The molecule has 3 rings (SSSR count). The van der Waals surface area contributed by atoms with Gasteiger partial charge in [0.05, 0.1) is 11.1 Å². The van der Waals surface area contributed by atoms with Crippen molar-refractivity contribution in [2.75, 3.05) is 24.2 Å². The molecule has 1 heterocycles. The molecule has 0 aliphatic carbocycles. The quantitative estimate of drug-likeness (QED) is 0.507. The summed E-state index contributed by atoms with van der Waals surface area (Å²) in [5.41, 5.74) is -2.32. The Morgan fingerprint density at radius 2 is 1.64 bits per heavy atom. The van der Waals surface area contributed by atoms with Crippen LogP contribution in [0.3, 0.4) is 0 Å². The summed E-state index contributed by atoms with van der Waals surface area (Å²) in [6, 6.07) is 10.8. The second-order valence-electron chi connectivity index (χ2n) is 7.46. The lowest BCUT2D eigenvalue weighted by Gasteiger charge is -2.33.